The Morgan fingerprint density at radius 2 is 1.90 bits per heavy atom. The summed E-state index contributed by atoms with van der Waals surface area (Å²) in [6.45, 7) is 11.9. The molecule has 3 atom stereocenters. The second kappa shape index (κ2) is 7.44. The lowest BCUT2D eigenvalue weighted by Gasteiger charge is -2.30. The zero-order chi connectivity index (χ0) is 15.3. The molecule has 3 unspecified atom stereocenters. The van der Waals surface area contributed by atoms with Gasteiger partial charge in [-0.2, -0.15) is 0 Å². The van der Waals surface area contributed by atoms with Crippen LogP contribution in [0.25, 0.3) is 0 Å². The first-order valence-corrected chi connectivity index (χ1v) is 8.26. The van der Waals surface area contributed by atoms with Crippen LogP contribution < -0.4 is 5.32 Å². The van der Waals surface area contributed by atoms with Gasteiger partial charge in [0.15, 0.2) is 0 Å². The molecule has 3 heteroatoms. The summed E-state index contributed by atoms with van der Waals surface area (Å²) in [5.74, 6) is 1.03. The highest BCUT2D eigenvalue weighted by Gasteiger charge is 2.29. The average Bonchev–Trinajstić information content (AvgIpc) is 2.61. The Hall–Kier alpha value is -0.570. The van der Waals surface area contributed by atoms with Crippen LogP contribution in [0.2, 0.25) is 0 Å². The van der Waals surface area contributed by atoms with Gasteiger partial charge in [0.05, 0.1) is 6.04 Å². The first kappa shape index (κ1) is 17.5. The maximum absolute atomic E-state index is 12.1. The molecular formula is C17H34N2O. The Balaban J connectivity index is 2.48. The van der Waals surface area contributed by atoms with Crippen molar-refractivity contribution in [2.45, 2.75) is 78.8 Å². The largest absolute Gasteiger partial charge is 0.345 e. The summed E-state index contributed by atoms with van der Waals surface area (Å²) in [5.41, 5.74) is 0.415. The summed E-state index contributed by atoms with van der Waals surface area (Å²) in [4.78, 5) is 13.9. The molecule has 1 rings (SSSR count). The second-order valence-corrected chi connectivity index (χ2v) is 7.51. The lowest BCUT2D eigenvalue weighted by Crippen LogP contribution is -2.47. The predicted octanol–water partition coefficient (Wildman–Crippen LogP) is 3.44. The highest BCUT2D eigenvalue weighted by molar-refractivity contribution is 5.81. The van der Waals surface area contributed by atoms with Crippen LogP contribution in [-0.4, -0.2) is 36.5 Å². The molecule has 0 aliphatic heterocycles. The van der Waals surface area contributed by atoms with E-state index in [0.717, 1.165) is 12.5 Å². The zero-order valence-corrected chi connectivity index (χ0v) is 14.3. The molecule has 0 heterocycles. The number of nitrogens with one attached hydrogen (secondary N) is 1. The minimum Gasteiger partial charge on any atom is -0.345 e. The van der Waals surface area contributed by atoms with Crippen LogP contribution in [0.1, 0.15) is 66.7 Å². The van der Waals surface area contributed by atoms with E-state index in [1.165, 1.54) is 32.1 Å². The normalized spacial score (nSPS) is 25.9. The summed E-state index contributed by atoms with van der Waals surface area (Å²) in [7, 11) is 1.88. The monoisotopic (exact) mass is 282 g/mol. The third kappa shape index (κ3) is 5.08. The molecule has 0 aromatic carbocycles. The fraction of sp³-hybridized carbons (Fsp3) is 0.941. The van der Waals surface area contributed by atoms with Crippen molar-refractivity contribution in [2.75, 3.05) is 13.6 Å². The lowest BCUT2D eigenvalue weighted by molar-refractivity contribution is -0.131. The third-order valence-corrected chi connectivity index (χ3v) is 4.90. The van der Waals surface area contributed by atoms with E-state index in [1.807, 2.05) is 20.9 Å². The number of carbonyl (C=O) groups is 1. The molecule has 0 spiro atoms. The number of likely N-dealkylation sites (N-methyl/N-ethyl adjacent to an activating group) is 1. The third-order valence-electron chi connectivity index (χ3n) is 4.90. The SMILES string of the molecule is CCN(C)C(=O)C(C)NC1CCCC(C(C)(C)C)CC1. The van der Waals surface area contributed by atoms with Gasteiger partial charge in [0.1, 0.15) is 0 Å². The van der Waals surface area contributed by atoms with Crippen molar-refractivity contribution in [3.05, 3.63) is 0 Å². The van der Waals surface area contributed by atoms with Crippen LogP contribution in [0.4, 0.5) is 0 Å². The molecule has 1 aliphatic rings. The molecule has 0 bridgehead atoms. The minimum atomic E-state index is -0.0591. The van der Waals surface area contributed by atoms with Crippen LogP contribution in [0.3, 0.4) is 0 Å². The van der Waals surface area contributed by atoms with Gasteiger partial charge in [-0.05, 0) is 50.9 Å². The lowest BCUT2D eigenvalue weighted by atomic mass is 9.76. The van der Waals surface area contributed by atoms with Gasteiger partial charge in [0, 0.05) is 19.6 Å². The van der Waals surface area contributed by atoms with Crippen molar-refractivity contribution in [1.29, 1.82) is 0 Å². The van der Waals surface area contributed by atoms with E-state index in [4.69, 9.17) is 0 Å². The molecule has 1 saturated carbocycles. The van der Waals surface area contributed by atoms with E-state index in [9.17, 15) is 4.79 Å². The van der Waals surface area contributed by atoms with Crippen LogP contribution in [0.5, 0.6) is 0 Å². The Morgan fingerprint density at radius 1 is 1.25 bits per heavy atom. The molecule has 1 N–H and O–H groups in total. The molecular weight excluding hydrogens is 248 g/mol. The van der Waals surface area contributed by atoms with Gasteiger partial charge >= 0.3 is 0 Å². The fourth-order valence-electron chi connectivity index (χ4n) is 3.25. The van der Waals surface area contributed by atoms with E-state index in [1.54, 1.807) is 4.90 Å². The van der Waals surface area contributed by atoms with Crippen molar-refractivity contribution in [2.24, 2.45) is 11.3 Å². The van der Waals surface area contributed by atoms with E-state index in [-0.39, 0.29) is 11.9 Å². The van der Waals surface area contributed by atoms with Gasteiger partial charge < -0.3 is 10.2 Å². The maximum Gasteiger partial charge on any atom is 0.239 e. The first-order chi connectivity index (χ1) is 9.25. The number of hydrogen-bond donors (Lipinski definition) is 1. The summed E-state index contributed by atoms with van der Waals surface area (Å²) >= 11 is 0. The van der Waals surface area contributed by atoms with E-state index in [0.29, 0.717) is 11.5 Å². The molecule has 0 aromatic rings. The number of nitrogens with zero attached hydrogens (tertiary/aromatic N) is 1. The molecule has 118 valence electrons. The van der Waals surface area contributed by atoms with Crippen LogP contribution >= 0.6 is 0 Å². The fourth-order valence-corrected chi connectivity index (χ4v) is 3.25. The highest BCUT2D eigenvalue weighted by Crippen LogP contribution is 2.36. The number of hydrogen-bond acceptors (Lipinski definition) is 2. The summed E-state index contributed by atoms with van der Waals surface area (Å²) in [6.07, 6.45) is 6.31. The van der Waals surface area contributed by atoms with E-state index < -0.39 is 0 Å². The van der Waals surface area contributed by atoms with Gasteiger partial charge in [-0.25, -0.2) is 0 Å². The molecule has 1 aliphatic carbocycles. The Morgan fingerprint density at radius 3 is 2.45 bits per heavy atom. The van der Waals surface area contributed by atoms with Crippen LogP contribution in [0.15, 0.2) is 0 Å². The number of carbonyl (C=O) groups excluding carboxylic acids is 1. The number of amides is 1. The van der Waals surface area contributed by atoms with Crippen molar-refractivity contribution in [1.82, 2.24) is 10.2 Å². The van der Waals surface area contributed by atoms with Crippen molar-refractivity contribution < 1.29 is 4.79 Å². The van der Waals surface area contributed by atoms with Crippen molar-refractivity contribution in [3.8, 4) is 0 Å². The summed E-state index contributed by atoms with van der Waals surface area (Å²) in [6, 6.07) is 0.447. The molecule has 1 amide bonds. The van der Waals surface area contributed by atoms with Gasteiger partial charge in [-0.1, -0.05) is 27.2 Å². The van der Waals surface area contributed by atoms with Crippen molar-refractivity contribution >= 4 is 5.91 Å². The smallest absolute Gasteiger partial charge is 0.239 e. The summed E-state index contributed by atoms with van der Waals surface area (Å²) in [5, 5.41) is 3.55. The first-order valence-electron chi connectivity index (χ1n) is 8.26. The molecule has 0 radical (unpaired) electrons. The molecule has 20 heavy (non-hydrogen) atoms. The van der Waals surface area contributed by atoms with E-state index >= 15 is 0 Å². The van der Waals surface area contributed by atoms with Gasteiger partial charge in [-0.15, -0.1) is 0 Å². The Kier molecular flexibility index (Phi) is 6.50. The maximum atomic E-state index is 12.1. The molecule has 1 fully saturated rings. The quantitative estimate of drug-likeness (QED) is 0.801. The zero-order valence-electron chi connectivity index (χ0n) is 14.3. The second-order valence-electron chi connectivity index (χ2n) is 7.51. The van der Waals surface area contributed by atoms with E-state index in [2.05, 4.69) is 26.1 Å². The van der Waals surface area contributed by atoms with Gasteiger partial charge in [-0.3, -0.25) is 4.79 Å². The topological polar surface area (TPSA) is 32.3 Å². The standard InChI is InChI=1S/C17H34N2O/c1-7-19(6)16(20)13(2)18-15-10-8-9-14(11-12-15)17(3,4)5/h13-15,18H,7-12H2,1-6H3. The average molecular weight is 282 g/mol. The van der Waals surface area contributed by atoms with Crippen molar-refractivity contribution in [3.63, 3.8) is 0 Å². The Labute approximate surface area is 125 Å². The Bertz CT molecular complexity index is 309. The minimum absolute atomic E-state index is 0.0591. The number of rotatable bonds is 4. The molecule has 3 nitrogen and oxygen atoms in total. The predicted molar refractivity (Wildman–Crippen MR) is 85.7 cm³/mol. The highest BCUT2D eigenvalue weighted by atomic mass is 16.2. The van der Waals surface area contributed by atoms with Gasteiger partial charge in [0.25, 0.3) is 0 Å². The molecule has 0 saturated heterocycles. The van der Waals surface area contributed by atoms with Gasteiger partial charge in [0.2, 0.25) is 5.91 Å². The van der Waals surface area contributed by atoms with Crippen LogP contribution in [-0.2, 0) is 4.79 Å². The molecule has 0 aromatic heterocycles. The summed E-state index contributed by atoms with van der Waals surface area (Å²) < 4.78 is 0. The van der Waals surface area contributed by atoms with Crippen LogP contribution in [0, 0.1) is 11.3 Å².